The smallest absolute Gasteiger partial charge is 0.161 e. The fraction of sp³-hybridized carbons (Fsp3) is 1.00. The predicted molar refractivity (Wildman–Crippen MR) is 57.9 cm³/mol. The van der Waals surface area contributed by atoms with E-state index in [9.17, 15) is 0 Å². The third kappa shape index (κ3) is 8.30. The summed E-state index contributed by atoms with van der Waals surface area (Å²) < 4.78 is 5.74. The monoisotopic (exact) mass is 190 g/mol. The molecule has 0 saturated heterocycles. The van der Waals surface area contributed by atoms with E-state index in [1.54, 1.807) is 0 Å². The van der Waals surface area contributed by atoms with Crippen LogP contribution in [0.3, 0.4) is 0 Å². The Morgan fingerprint density at radius 1 is 1.45 bits per heavy atom. The van der Waals surface area contributed by atoms with Crippen LogP contribution in [0.15, 0.2) is 0 Å². The Hall–Kier alpha value is 0.394. The van der Waals surface area contributed by atoms with E-state index in [-0.39, 0.29) is 9.76 Å². The van der Waals surface area contributed by atoms with E-state index in [0.29, 0.717) is 5.73 Å². The van der Waals surface area contributed by atoms with E-state index in [0.717, 1.165) is 5.92 Å². The SMILES string of the molecule is CCC([SiH3])O[SiH2]CCC(C)C. The van der Waals surface area contributed by atoms with Gasteiger partial charge in [0.2, 0.25) is 0 Å². The summed E-state index contributed by atoms with van der Waals surface area (Å²) in [4.78, 5) is 0. The Balaban J connectivity index is 3.01. The van der Waals surface area contributed by atoms with E-state index in [1.807, 2.05) is 0 Å². The fourth-order valence-electron chi connectivity index (χ4n) is 0.894. The minimum atomic E-state index is -0.155. The van der Waals surface area contributed by atoms with Crippen molar-refractivity contribution in [2.24, 2.45) is 5.92 Å². The van der Waals surface area contributed by atoms with Crippen molar-refractivity contribution < 1.29 is 4.43 Å². The van der Waals surface area contributed by atoms with Crippen molar-refractivity contribution in [3.8, 4) is 0 Å². The maximum Gasteiger partial charge on any atom is 0.161 e. The third-order valence-electron chi connectivity index (χ3n) is 1.90. The second kappa shape index (κ2) is 7.07. The molecule has 0 aliphatic rings. The lowest BCUT2D eigenvalue weighted by Gasteiger charge is -2.10. The van der Waals surface area contributed by atoms with Gasteiger partial charge in [0.05, 0.1) is 0 Å². The van der Waals surface area contributed by atoms with Crippen LogP contribution in [-0.2, 0) is 4.43 Å². The Labute approximate surface area is 76.3 Å². The van der Waals surface area contributed by atoms with Crippen LogP contribution < -0.4 is 0 Å². The van der Waals surface area contributed by atoms with Gasteiger partial charge in [0.15, 0.2) is 9.76 Å². The van der Waals surface area contributed by atoms with Gasteiger partial charge in [-0.25, -0.2) is 0 Å². The van der Waals surface area contributed by atoms with Crippen molar-refractivity contribution >= 4 is 20.0 Å². The molecule has 1 atom stereocenters. The summed E-state index contributed by atoms with van der Waals surface area (Å²) in [5.41, 5.74) is 0.647. The summed E-state index contributed by atoms with van der Waals surface area (Å²) in [7, 11) is 1.06. The summed E-state index contributed by atoms with van der Waals surface area (Å²) in [5.74, 6) is 0.861. The molecule has 0 aliphatic heterocycles. The van der Waals surface area contributed by atoms with Crippen molar-refractivity contribution in [2.75, 3.05) is 0 Å². The topological polar surface area (TPSA) is 9.23 Å². The minimum absolute atomic E-state index is 0.155. The largest absolute Gasteiger partial charge is 0.425 e. The molecule has 68 valence electrons. The quantitative estimate of drug-likeness (QED) is 0.441. The second-order valence-electron chi connectivity index (χ2n) is 3.63. The molecule has 0 heterocycles. The molecule has 11 heavy (non-hydrogen) atoms. The first-order valence-corrected chi connectivity index (χ1v) is 7.51. The van der Waals surface area contributed by atoms with Crippen molar-refractivity contribution in [1.82, 2.24) is 0 Å². The highest BCUT2D eigenvalue weighted by Gasteiger charge is 1.98. The van der Waals surface area contributed by atoms with Crippen molar-refractivity contribution in [3.05, 3.63) is 0 Å². The normalized spacial score (nSPS) is 15.3. The van der Waals surface area contributed by atoms with Crippen LogP contribution in [0.5, 0.6) is 0 Å². The minimum Gasteiger partial charge on any atom is -0.425 e. The van der Waals surface area contributed by atoms with Gasteiger partial charge in [0.25, 0.3) is 0 Å². The molecule has 1 unspecified atom stereocenters. The van der Waals surface area contributed by atoms with Gasteiger partial charge in [0, 0.05) is 16.0 Å². The molecule has 0 aromatic carbocycles. The van der Waals surface area contributed by atoms with E-state index in [2.05, 4.69) is 20.8 Å². The maximum atomic E-state index is 5.74. The lowest BCUT2D eigenvalue weighted by atomic mass is 10.2. The van der Waals surface area contributed by atoms with Crippen molar-refractivity contribution in [3.63, 3.8) is 0 Å². The Morgan fingerprint density at radius 3 is 2.55 bits per heavy atom. The van der Waals surface area contributed by atoms with Gasteiger partial charge >= 0.3 is 0 Å². The summed E-state index contributed by atoms with van der Waals surface area (Å²) >= 11 is 0. The number of hydrogen-bond acceptors (Lipinski definition) is 1. The summed E-state index contributed by atoms with van der Waals surface area (Å²) in [5, 5.41) is 0. The van der Waals surface area contributed by atoms with Gasteiger partial charge in [-0.1, -0.05) is 27.2 Å². The molecule has 1 nitrogen and oxygen atoms in total. The molecule has 0 aliphatic carbocycles. The van der Waals surface area contributed by atoms with Crippen molar-refractivity contribution in [1.29, 1.82) is 0 Å². The third-order valence-corrected chi connectivity index (χ3v) is 5.22. The van der Waals surface area contributed by atoms with Gasteiger partial charge < -0.3 is 4.43 Å². The molecule has 0 fully saturated rings. The van der Waals surface area contributed by atoms with Gasteiger partial charge in [-0.2, -0.15) is 0 Å². The molecule has 0 bridgehead atoms. The highest BCUT2D eigenvalue weighted by atomic mass is 28.2. The number of rotatable bonds is 6. The summed E-state index contributed by atoms with van der Waals surface area (Å²) in [6.45, 7) is 6.79. The number of hydrogen-bond donors (Lipinski definition) is 0. The molecule has 0 amide bonds. The van der Waals surface area contributed by atoms with Gasteiger partial charge in [-0.3, -0.25) is 0 Å². The zero-order valence-corrected chi connectivity index (χ0v) is 11.8. The molecular weight excluding hydrogens is 168 g/mol. The van der Waals surface area contributed by atoms with Crippen LogP contribution >= 0.6 is 0 Å². The molecule has 0 aromatic rings. The van der Waals surface area contributed by atoms with Crippen molar-refractivity contribution in [2.45, 2.75) is 45.4 Å². The van der Waals surface area contributed by atoms with Gasteiger partial charge in [-0.15, -0.1) is 0 Å². The fourth-order valence-corrected chi connectivity index (χ4v) is 3.39. The molecule has 3 heteroatoms. The molecule has 0 aromatic heterocycles. The lowest BCUT2D eigenvalue weighted by molar-refractivity contribution is 0.289. The lowest BCUT2D eigenvalue weighted by Crippen LogP contribution is -2.14. The molecule has 0 spiro atoms. The van der Waals surface area contributed by atoms with E-state index < -0.39 is 0 Å². The van der Waals surface area contributed by atoms with Crippen LogP contribution in [0, 0.1) is 5.92 Å². The van der Waals surface area contributed by atoms with E-state index >= 15 is 0 Å². The van der Waals surface area contributed by atoms with Crippen LogP contribution in [0.4, 0.5) is 0 Å². The average molecular weight is 190 g/mol. The summed E-state index contributed by atoms with van der Waals surface area (Å²) in [6.07, 6.45) is 2.59. The maximum absolute atomic E-state index is 5.74. The molecular formula is C8H22OSi2. The standard InChI is InChI=1S/C8H22OSi2/c1-4-8(10)9-11-6-5-7(2)3/h7-8H,4-6,11H2,1-3,10H3. The zero-order valence-electron chi connectivity index (χ0n) is 8.39. The first-order valence-electron chi connectivity index (χ1n) is 4.78. The summed E-state index contributed by atoms with van der Waals surface area (Å²) in [6, 6.07) is 1.37. The molecule has 0 rings (SSSR count). The molecule has 0 N–H and O–H groups in total. The van der Waals surface area contributed by atoms with E-state index in [4.69, 9.17) is 4.43 Å². The predicted octanol–water partition coefficient (Wildman–Crippen LogP) is 0.653. The first-order chi connectivity index (χ1) is 5.16. The second-order valence-corrected chi connectivity index (χ2v) is 6.36. The zero-order chi connectivity index (χ0) is 8.69. The van der Waals surface area contributed by atoms with Gasteiger partial charge in [0.1, 0.15) is 0 Å². The molecule has 0 radical (unpaired) electrons. The Kier molecular flexibility index (Phi) is 7.32. The van der Waals surface area contributed by atoms with Crippen LogP contribution in [0.25, 0.3) is 0 Å². The van der Waals surface area contributed by atoms with Crippen LogP contribution in [0.1, 0.15) is 33.6 Å². The van der Waals surface area contributed by atoms with Crippen LogP contribution in [-0.4, -0.2) is 25.7 Å². The van der Waals surface area contributed by atoms with E-state index in [1.165, 1.54) is 29.1 Å². The highest BCUT2D eigenvalue weighted by molar-refractivity contribution is 6.28. The van der Waals surface area contributed by atoms with Crippen LogP contribution in [0.2, 0.25) is 6.04 Å². The van der Waals surface area contributed by atoms with Gasteiger partial charge in [-0.05, 0) is 18.4 Å². The first kappa shape index (κ1) is 11.4. The highest BCUT2D eigenvalue weighted by Crippen LogP contribution is 2.04. The average Bonchev–Trinajstić information content (AvgIpc) is 1.97. The molecule has 0 saturated carbocycles. The Morgan fingerprint density at radius 2 is 2.09 bits per heavy atom. The Bertz CT molecular complexity index is 86.2.